The van der Waals surface area contributed by atoms with E-state index in [0.29, 0.717) is 25.3 Å². The van der Waals surface area contributed by atoms with Crippen molar-refractivity contribution < 1.29 is 17.9 Å². The molecule has 0 aromatic heterocycles. The number of sulfonamides is 1. The van der Waals surface area contributed by atoms with E-state index in [-0.39, 0.29) is 16.9 Å². The average molecular weight is 329 g/mol. The van der Waals surface area contributed by atoms with E-state index in [2.05, 4.69) is 4.72 Å². The van der Waals surface area contributed by atoms with Gasteiger partial charge in [-0.05, 0) is 49.9 Å². The fraction of sp³-hybridized carbons (Fsp3) is 0.625. The normalized spacial score (nSPS) is 12.1. The zero-order valence-electron chi connectivity index (χ0n) is 14.0. The minimum atomic E-state index is -3.50. The monoisotopic (exact) mass is 329 g/mol. The third-order valence-electron chi connectivity index (χ3n) is 3.20. The molecule has 0 unspecified atom stereocenters. The second-order valence-electron chi connectivity index (χ2n) is 5.73. The molecule has 0 aliphatic rings. The van der Waals surface area contributed by atoms with E-state index < -0.39 is 10.0 Å². The maximum Gasteiger partial charge on any atom is 0.240 e. The first-order chi connectivity index (χ1) is 10.3. The minimum Gasteiger partial charge on any atom is -0.496 e. The molecule has 0 saturated carbocycles. The highest BCUT2D eigenvalue weighted by Gasteiger charge is 2.17. The molecular weight excluding hydrogens is 302 g/mol. The quantitative estimate of drug-likeness (QED) is 0.708. The summed E-state index contributed by atoms with van der Waals surface area (Å²) in [6, 6.07) is 4.94. The number of rotatable bonds is 9. The molecule has 5 nitrogen and oxygen atoms in total. The molecule has 1 rings (SSSR count). The molecule has 0 aliphatic carbocycles. The van der Waals surface area contributed by atoms with Gasteiger partial charge in [0.1, 0.15) is 5.75 Å². The SMILES string of the molecule is COc1ccc(S(=O)(=O)NCCCOC(C)C)cc1C(C)C. The van der Waals surface area contributed by atoms with Crippen LogP contribution in [0.25, 0.3) is 0 Å². The Kier molecular flexibility index (Phi) is 7.32. The van der Waals surface area contributed by atoms with Gasteiger partial charge in [-0.1, -0.05) is 13.8 Å². The van der Waals surface area contributed by atoms with Gasteiger partial charge in [-0.3, -0.25) is 0 Å². The molecular formula is C16H27NO4S. The summed E-state index contributed by atoms with van der Waals surface area (Å²) in [6.45, 7) is 8.82. The van der Waals surface area contributed by atoms with Crippen LogP contribution in [0.3, 0.4) is 0 Å². The van der Waals surface area contributed by atoms with Gasteiger partial charge < -0.3 is 9.47 Å². The number of hydrogen-bond acceptors (Lipinski definition) is 4. The Balaban J connectivity index is 2.74. The predicted molar refractivity (Wildman–Crippen MR) is 88.0 cm³/mol. The third-order valence-corrected chi connectivity index (χ3v) is 4.66. The van der Waals surface area contributed by atoms with Crippen molar-refractivity contribution in [3.63, 3.8) is 0 Å². The van der Waals surface area contributed by atoms with Crippen molar-refractivity contribution in [1.29, 1.82) is 0 Å². The fourth-order valence-electron chi connectivity index (χ4n) is 2.01. The number of ether oxygens (including phenoxy) is 2. The van der Waals surface area contributed by atoms with E-state index in [1.165, 1.54) is 0 Å². The molecule has 0 radical (unpaired) electrons. The molecule has 0 saturated heterocycles. The summed E-state index contributed by atoms with van der Waals surface area (Å²) >= 11 is 0. The van der Waals surface area contributed by atoms with Crippen LogP contribution in [0.2, 0.25) is 0 Å². The average Bonchev–Trinajstić information content (AvgIpc) is 2.45. The van der Waals surface area contributed by atoms with Gasteiger partial charge in [0, 0.05) is 13.2 Å². The Morgan fingerprint density at radius 3 is 2.41 bits per heavy atom. The zero-order valence-corrected chi connectivity index (χ0v) is 14.9. The summed E-state index contributed by atoms with van der Waals surface area (Å²) in [4.78, 5) is 0.266. The molecule has 22 heavy (non-hydrogen) atoms. The highest BCUT2D eigenvalue weighted by atomic mass is 32.2. The van der Waals surface area contributed by atoms with Crippen molar-refractivity contribution in [2.75, 3.05) is 20.3 Å². The van der Waals surface area contributed by atoms with Crippen LogP contribution < -0.4 is 9.46 Å². The van der Waals surface area contributed by atoms with E-state index in [0.717, 1.165) is 5.56 Å². The van der Waals surface area contributed by atoms with Gasteiger partial charge >= 0.3 is 0 Å². The summed E-state index contributed by atoms with van der Waals surface area (Å²) in [7, 11) is -1.92. The van der Waals surface area contributed by atoms with E-state index >= 15 is 0 Å². The first kappa shape index (κ1) is 18.9. The standard InChI is InChI=1S/C16H27NO4S/c1-12(2)15-11-14(7-8-16(15)20-5)22(18,19)17-9-6-10-21-13(3)4/h7-8,11-13,17H,6,9-10H2,1-5H3. The van der Waals surface area contributed by atoms with Gasteiger partial charge in [0.15, 0.2) is 0 Å². The van der Waals surface area contributed by atoms with Gasteiger partial charge in [0.25, 0.3) is 0 Å². The van der Waals surface area contributed by atoms with Crippen LogP contribution in [-0.2, 0) is 14.8 Å². The summed E-state index contributed by atoms with van der Waals surface area (Å²) in [6.07, 6.45) is 0.803. The van der Waals surface area contributed by atoms with Crippen molar-refractivity contribution in [3.8, 4) is 5.75 Å². The first-order valence-electron chi connectivity index (χ1n) is 7.57. The maximum atomic E-state index is 12.3. The number of hydrogen-bond donors (Lipinski definition) is 1. The highest BCUT2D eigenvalue weighted by Crippen LogP contribution is 2.28. The zero-order chi connectivity index (χ0) is 16.8. The topological polar surface area (TPSA) is 64.6 Å². The van der Waals surface area contributed by atoms with Crippen LogP contribution in [0.4, 0.5) is 0 Å². The lowest BCUT2D eigenvalue weighted by Gasteiger charge is -2.14. The number of methoxy groups -OCH3 is 1. The van der Waals surface area contributed by atoms with Crippen molar-refractivity contribution in [1.82, 2.24) is 4.72 Å². The largest absolute Gasteiger partial charge is 0.496 e. The van der Waals surface area contributed by atoms with E-state index in [1.807, 2.05) is 27.7 Å². The molecule has 0 atom stereocenters. The molecule has 0 heterocycles. The molecule has 0 aliphatic heterocycles. The van der Waals surface area contributed by atoms with Gasteiger partial charge in [-0.25, -0.2) is 13.1 Å². The molecule has 0 amide bonds. The number of benzene rings is 1. The smallest absolute Gasteiger partial charge is 0.240 e. The molecule has 1 N–H and O–H groups in total. The van der Waals surface area contributed by atoms with Gasteiger partial charge in [-0.2, -0.15) is 0 Å². The van der Waals surface area contributed by atoms with Gasteiger partial charge in [0.05, 0.1) is 18.1 Å². The highest BCUT2D eigenvalue weighted by molar-refractivity contribution is 7.89. The van der Waals surface area contributed by atoms with Crippen molar-refractivity contribution in [2.45, 2.75) is 51.0 Å². The molecule has 0 fully saturated rings. The maximum absolute atomic E-state index is 12.3. The lowest BCUT2D eigenvalue weighted by atomic mass is 10.0. The second-order valence-corrected chi connectivity index (χ2v) is 7.50. The summed E-state index contributed by atoms with van der Waals surface area (Å²) in [5.74, 6) is 0.892. The van der Waals surface area contributed by atoms with Crippen LogP contribution >= 0.6 is 0 Å². The number of nitrogens with one attached hydrogen (secondary N) is 1. The molecule has 1 aromatic rings. The van der Waals surface area contributed by atoms with Crippen molar-refractivity contribution in [3.05, 3.63) is 23.8 Å². The molecule has 6 heteroatoms. The van der Waals surface area contributed by atoms with Crippen LogP contribution in [-0.4, -0.2) is 34.8 Å². The molecule has 1 aromatic carbocycles. The second kappa shape index (κ2) is 8.50. The fourth-order valence-corrected chi connectivity index (χ4v) is 3.12. The summed E-state index contributed by atoms with van der Waals surface area (Å²) < 4.78 is 37.9. The van der Waals surface area contributed by atoms with Gasteiger partial charge in [-0.15, -0.1) is 0 Å². The van der Waals surface area contributed by atoms with Crippen LogP contribution in [0, 0.1) is 0 Å². The minimum absolute atomic E-state index is 0.159. The van der Waals surface area contributed by atoms with E-state index in [1.54, 1.807) is 25.3 Å². The van der Waals surface area contributed by atoms with Crippen molar-refractivity contribution in [2.24, 2.45) is 0 Å². The van der Waals surface area contributed by atoms with Crippen molar-refractivity contribution >= 4 is 10.0 Å². The first-order valence-corrected chi connectivity index (χ1v) is 9.05. The Morgan fingerprint density at radius 2 is 1.86 bits per heavy atom. The van der Waals surface area contributed by atoms with Crippen LogP contribution in [0.1, 0.15) is 45.6 Å². The molecule has 0 spiro atoms. The summed E-state index contributed by atoms with van der Waals surface area (Å²) in [5.41, 5.74) is 0.883. The van der Waals surface area contributed by atoms with Crippen LogP contribution in [0.5, 0.6) is 5.75 Å². The predicted octanol–water partition coefficient (Wildman–Crippen LogP) is 2.91. The van der Waals surface area contributed by atoms with E-state index in [9.17, 15) is 8.42 Å². The Bertz CT molecular complexity index is 568. The lowest BCUT2D eigenvalue weighted by Crippen LogP contribution is -2.26. The molecule has 126 valence electrons. The van der Waals surface area contributed by atoms with Crippen LogP contribution in [0.15, 0.2) is 23.1 Å². The Hall–Kier alpha value is -1.11. The lowest BCUT2D eigenvalue weighted by molar-refractivity contribution is 0.0778. The Labute approximate surface area is 134 Å². The third kappa shape index (κ3) is 5.59. The molecule has 0 bridgehead atoms. The van der Waals surface area contributed by atoms with E-state index in [4.69, 9.17) is 9.47 Å². The Morgan fingerprint density at radius 1 is 1.18 bits per heavy atom. The summed E-state index contributed by atoms with van der Waals surface area (Å²) in [5, 5.41) is 0. The van der Waals surface area contributed by atoms with Gasteiger partial charge in [0.2, 0.25) is 10.0 Å².